The minimum atomic E-state index is -1.57. The van der Waals surface area contributed by atoms with Crippen molar-refractivity contribution < 1.29 is 49.3 Å². The number of unbranched alkanes of at least 4 members (excludes halogenated alkanes) is 45. The van der Waals surface area contributed by atoms with Crippen LogP contribution in [-0.4, -0.2) is 100 Å². The molecule has 11 nitrogen and oxygen atoms in total. The number of hydrogen-bond acceptors (Lipinski definition) is 10. The molecule has 6 N–H and O–H groups in total. The summed E-state index contributed by atoms with van der Waals surface area (Å²) in [6.45, 7) is 4.35. The molecule has 7 atom stereocenters. The summed E-state index contributed by atoms with van der Waals surface area (Å²) in [5.41, 5.74) is 0. The van der Waals surface area contributed by atoms with E-state index in [0.29, 0.717) is 19.4 Å². The number of aliphatic hydroxyl groups excluding tert-OH is 5. The van der Waals surface area contributed by atoms with Crippen molar-refractivity contribution in [2.45, 2.75) is 391 Å². The highest BCUT2D eigenvalue weighted by atomic mass is 16.7. The highest BCUT2D eigenvalue weighted by Crippen LogP contribution is 2.23. The summed E-state index contributed by atoms with van der Waals surface area (Å²) in [7, 11) is 0. The van der Waals surface area contributed by atoms with Crippen LogP contribution in [0.5, 0.6) is 0 Å². The molecular weight excluding hydrogens is 1040 g/mol. The normalized spacial score (nSPS) is 18.3. The summed E-state index contributed by atoms with van der Waals surface area (Å²) < 4.78 is 16.7. The molecule has 1 rings (SSSR count). The molecule has 1 aliphatic heterocycles. The van der Waals surface area contributed by atoms with Crippen LogP contribution < -0.4 is 5.32 Å². The van der Waals surface area contributed by atoms with Gasteiger partial charge in [0.25, 0.3) is 0 Å². The second kappa shape index (κ2) is 61.5. The van der Waals surface area contributed by atoms with Gasteiger partial charge in [-0.2, -0.15) is 0 Å². The molecule has 83 heavy (non-hydrogen) atoms. The third kappa shape index (κ3) is 50.6. The van der Waals surface area contributed by atoms with Crippen molar-refractivity contribution in [1.29, 1.82) is 0 Å². The van der Waals surface area contributed by atoms with E-state index in [-0.39, 0.29) is 18.5 Å². The molecule has 0 aliphatic carbocycles. The molecule has 1 amide bonds. The van der Waals surface area contributed by atoms with Gasteiger partial charge in [0, 0.05) is 12.8 Å². The molecule has 0 bridgehead atoms. The average molecular weight is 1170 g/mol. The van der Waals surface area contributed by atoms with Gasteiger partial charge in [0.1, 0.15) is 24.4 Å². The first-order valence-electron chi connectivity index (χ1n) is 35.8. The van der Waals surface area contributed by atoms with Crippen molar-refractivity contribution in [1.82, 2.24) is 5.32 Å². The molecule has 0 aromatic rings. The Labute approximate surface area is 511 Å². The van der Waals surface area contributed by atoms with Crippen LogP contribution in [0, 0.1) is 0 Å². The Kier molecular flexibility index (Phi) is 58.5. The van der Waals surface area contributed by atoms with Crippen molar-refractivity contribution in [3.05, 3.63) is 36.5 Å². The third-order valence-corrected chi connectivity index (χ3v) is 17.0. The monoisotopic (exact) mass is 1170 g/mol. The van der Waals surface area contributed by atoms with E-state index in [2.05, 4.69) is 43.5 Å². The minimum Gasteiger partial charge on any atom is -0.466 e. The number of esters is 1. The average Bonchev–Trinajstić information content (AvgIpc) is 3.53. The lowest BCUT2D eigenvalue weighted by molar-refractivity contribution is -0.302. The second-order valence-electron chi connectivity index (χ2n) is 24.9. The Hall–Kier alpha value is -2.12. The van der Waals surface area contributed by atoms with Crippen molar-refractivity contribution in [3.8, 4) is 0 Å². The number of hydrogen-bond donors (Lipinski definition) is 6. The maximum atomic E-state index is 13.0. The summed E-state index contributed by atoms with van der Waals surface area (Å²) in [6, 6.07) is -0.807. The predicted octanol–water partition coefficient (Wildman–Crippen LogP) is 18.2. The van der Waals surface area contributed by atoms with Gasteiger partial charge in [0.15, 0.2) is 6.29 Å². The third-order valence-electron chi connectivity index (χ3n) is 17.0. The van der Waals surface area contributed by atoms with E-state index in [9.17, 15) is 35.1 Å². The SMILES string of the molecule is CCCCCCCCCC/C=C/C(O)C(COC1OC(CO)C(O)C(O)C1O)NC(=O)CCCCCCCCCCCCCCCCCCC/C=C\C/C=C\CCCCCCCCCCCOC(=O)CCCCCCCCCCCCCC. The van der Waals surface area contributed by atoms with Crippen LogP contribution in [0.25, 0.3) is 0 Å². The molecule has 0 radical (unpaired) electrons. The Bertz CT molecular complexity index is 1470. The fraction of sp³-hybridized carbons (Fsp3) is 0.889. The fourth-order valence-corrected chi connectivity index (χ4v) is 11.4. The molecule has 1 saturated heterocycles. The zero-order valence-corrected chi connectivity index (χ0v) is 54.2. The van der Waals surface area contributed by atoms with Crippen LogP contribution in [0.15, 0.2) is 36.5 Å². The molecule has 1 heterocycles. The number of carbonyl (C=O) groups excluding carboxylic acids is 2. The molecule has 0 saturated carbocycles. The van der Waals surface area contributed by atoms with Crippen LogP contribution >= 0.6 is 0 Å². The zero-order chi connectivity index (χ0) is 60.2. The Morgan fingerprint density at radius 2 is 0.807 bits per heavy atom. The number of carbonyl (C=O) groups is 2. The summed E-state index contributed by atoms with van der Waals surface area (Å²) in [5.74, 6) is -0.172. The first kappa shape index (κ1) is 78.9. The number of amides is 1. The summed E-state index contributed by atoms with van der Waals surface area (Å²) >= 11 is 0. The topological polar surface area (TPSA) is 175 Å². The van der Waals surface area contributed by atoms with Crippen LogP contribution in [0.1, 0.15) is 348 Å². The Balaban J connectivity index is 1.93. The number of allylic oxidation sites excluding steroid dienone is 5. The maximum absolute atomic E-state index is 13.0. The lowest BCUT2D eigenvalue weighted by Crippen LogP contribution is -2.60. The van der Waals surface area contributed by atoms with Gasteiger partial charge < -0.3 is 45.1 Å². The first-order chi connectivity index (χ1) is 40.7. The number of ether oxygens (including phenoxy) is 3. The standard InChI is InChI=1S/C72H135NO10/c1-3-5-7-9-11-13-15-40-44-48-52-56-60-68(77)81-61-57-53-49-45-41-38-36-34-32-30-28-26-24-22-20-18-16-17-19-21-23-25-27-29-31-33-35-37-39-43-47-51-55-59-67(76)73-64(63-82-72-71(80)70(79)69(78)66(62-74)83-72)65(75)58-54-50-46-42-14-12-10-8-6-4-2/h20,22,26,28,54,58,64-66,69-72,74-75,78-80H,3-19,21,23-25,27,29-53,55-57,59-63H2,1-2H3,(H,73,76)/b22-20-,28-26-,58-54+. The van der Waals surface area contributed by atoms with Crippen molar-refractivity contribution in [2.75, 3.05) is 19.8 Å². The van der Waals surface area contributed by atoms with Gasteiger partial charge in [0.2, 0.25) is 5.91 Å². The highest BCUT2D eigenvalue weighted by Gasteiger charge is 2.44. The fourth-order valence-electron chi connectivity index (χ4n) is 11.4. The van der Waals surface area contributed by atoms with Crippen LogP contribution in [-0.2, 0) is 23.8 Å². The molecule has 0 aromatic heterocycles. The Morgan fingerprint density at radius 1 is 0.446 bits per heavy atom. The number of rotatable bonds is 63. The largest absolute Gasteiger partial charge is 0.466 e. The molecule has 488 valence electrons. The van der Waals surface area contributed by atoms with E-state index in [1.165, 1.54) is 263 Å². The van der Waals surface area contributed by atoms with E-state index in [4.69, 9.17) is 14.2 Å². The molecule has 1 fully saturated rings. The van der Waals surface area contributed by atoms with E-state index in [1.54, 1.807) is 6.08 Å². The van der Waals surface area contributed by atoms with E-state index in [1.807, 2.05) is 6.08 Å². The minimum absolute atomic E-state index is 0.00783. The zero-order valence-electron chi connectivity index (χ0n) is 54.2. The summed E-state index contributed by atoms with van der Waals surface area (Å²) in [6.07, 6.45) is 68.7. The Morgan fingerprint density at radius 3 is 1.22 bits per heavy atom. The predicted molar refractivity (Wildman–Crippen MR) is 347 cm³/mol. The first-order valence-corrected chi connectivity index (χ1v) is 35.8. The van der Waals surface area contributed by atoms with E-state index >= 15 is 0 Å². The van der Waals surface area contributed by atoms with Gasteiger partial charge in [-0.3, -0.25) is 9.59 Å². The van der Waals surface area contributed by atoms with Gasteiger partial charge in [0.05, 0.1) is 32.0 Å². The van der Waals surface area contributed by atoms with Gasteiger partial charge in [-0.25, -0.2) is 0 Å². The smallest absolute Gasteiger partial charge is 0.305 e. The van der Waals surface area contributed by atoms with Gasteiger partial charge in [-0.15, -0.1) is 0 Å². The van der Waals surface area contributed by atoms with Crippen molar-refractivity contribution in [2.24, 2.45) is 0 Å². The van der Waals surface area contributed by atoms with Crippen LogP contribution in [0.2, 0.25) is 0 Å². The van der Waals surface area contributed by atoms with E-state index < -0.39 is 49.5 Å². The van der Waals surface area contributed by atoms with Gasteiger partial charge in [-0.05, 0) is 64.2 Å². The summed E-state index contributed by atoms with van der Waals surface area (Å²) in [4.78, 5) is 25.1. The molecule has 0 spiro atoms. The lowest BCUT2D eigenvalue weighted by Gasteiger charge is -2.40. The summed E-state index contributed by atoms with van der Waals surface area (Å²) in [5, 5.41) is 54.4. The quantitative estimate of drug-likeness (QED) is 0.0195. The molecule has 11 heteroatoms. The lowest BCUT2D eigenvalue weighted by atomic mass is 9.99. The highest BCUT2D eigenvalue weighted by molar-refractivity contribution is 5.76. The van der Waals surface area contributed by atoms with Crippen LogP contribution in [0.4, 0.5) is 0 Å². The second-order valence-corrected chi connectivity index (χ2v) is 24.9. The van der Waals surface area contributed by atoms with Crippen molar-refractivity contribution >= 4 is 11.9 Å². The van der Waals surface area contributed by atoms with Crippen LogP contribution in [0.3, 0.4) is 0 Å². The van der Waals surface area contributed by atoms with Gasteiger partial charge >= 0.3 is 5.97 Å². The molecule has 7 unspecified atom stereocenters. The number of aliphatic hydroxyl groups is 5. The van der Waals surface area contributed by atoms with Crippen molar-refractivity contribution in [3.63, 3.8) is 0 Å². The van der Waals surface area contributed by atoms with Gasteiger partial charge in [-0.1, -0.05) is 307 Å². The molecular formula is C72H135NO10. The molecule has 0 aromatic carbocycles. The number of nitrogens with one attached hydrogen (secondary N) is 1. The molecule has 1 aliphatic rings. The van der Waals surface area contributed by atoms with E-state index in [0.717, 1.165) is 57.8 Å². The maximum Gasteiger partial charge on any atom is 0.305 e.